The molecule has 4 aromatic rings. The summed E-state index contributed by atoms with van der Waals surface area (Å²) in [6, 6.07) is 18.6. The molecule has 0 bridgehead atoms. The van der Waals surface area contributed by atoms with Crippen molar-refractivity contribution in [2.75, 3.05) is 5.73 Å². The average molecular weight is 427 g/mol. The second-order valence-corrected chi connectivity index (χ2v) is 8.65. The molecular weight excluding hydrogens is 400 g/mol. The number of aromatic nitrogens is 3. The fourth-order valence-corrected chi connectivity index (χ4v) is 4.87. The Labute approximate surface area is 186 Å². The summed E-state index contributed by atoms with van der Waals surface area (Å²) in [6.45, 7) is 0. The number of anilines is 1. The molecule has 5 rings (SSSR count). The molecule has 2 aromatic carbocycles. The average Bonchev–Trinajstić information content (AvgIpc) is 3.25. The summed E-state index contributed by atoms with van der Waals surface area (Å²) in [6.07, 6.45) is 7.97. The molecule has 2 aromatic heterocycles. The van der Waals surface area contributed by atoms with Crippen molar-refractivity contribution >= 4 is 17.4 Å². The van der Waals surface area contributed by atoms with Gasteiger partial charge in [0.1, 0.15) is 5.82 Å². The summed E-state index contributed by atoms with van der Waals surface area (Å²) in [7, 11) is 0. The molecule has 6 heteroatoms. The van der Waals surface area contributed by atoms with Crippen LogP contribution in [0.5, 0.6) is 0 Å². The normalized spacial score (nSPS) is 18.6. The quantitative estimate of drug-likeness (QED) is 0.446. The van der Waals surface area contributed by atoms with Gasteiger partial charge in [-0.25, -0.2) is 4.98 Å². The minimum Gasteiger partial charge on any atom is -0.481 e. The minimum absolute atomic E-state index is 0.291. The Morgan fingerprint density at radius 2 is 1.62 bits per heavy atom. The molecule has 0 unspecified atom stereocenters. The van der Waals surface area contributed by atoms with E-state index in [4.69, 9.17) is 10.8 Å². The van der Waals surface area contributed by atoms with Crippen LogP contribution < -0.4 is 5.73 Å². The molecule has 1 saturated carbocycles. The van der Waals surface area contributed by atoms with Crippen LogP contribution in [0.2, 0.25) is 0 Å². The van der Waals surface area contributed by atoms with E-state index in [1.807, 2.05) is 42.7 Å². The van der Waals surface area contributed by atoms with Gasteiger partial charge in [-0.3, -0.25) is 4.79 Å². The number of carbonyl (C=O) groups is 1. The number of rotatable bonds is 5. The number of nitrogens with two attached hydrogens (primary N) is 1. The van der Waals surface area contributed by atoms with Crippen LogP contribution in [0.1, 0.15) is 43.6 Å². The van der Waals surface area contributed by atoms with Gasteiger partial charge >= 0.3 is 5.97 Å². The number of fused-ring (bicyclic) bond motifs is 1. The third-order valence-electron chi connectivity index (χ3n) is 6.65. The number of hydrogen-bond acceptors (Lipinski definition) is 4. The first kappa shape index (κ1) is 20.2. The lowest BCUT2D eigenvalue weighted by atomic mass is 9.77. The molecule has 0 atom stereocenters. The Balaban J connectivity index is 1.37. The predicted octanol–water partition coefficient (Wildman–Crippen LogP) is 5.39. The lowest BCUT2D eigenvalue weighted by Crippen LogP contribution is -2.16. The van der Waals surface area contributed by atoms with Crippen LogP contribution in [-0.2, 0) is 4.79 Å². The summed E-state index contributed by atoms with van der Waals surface area (Å²) in [4.78, 5) is 15.6. The lowest BCUT2D eigenvalue weighted by molar-refractivity contribution is -0.138. The van der Waals surface area contributed by atoms with E-state index in [0.717, 1.165) is 53.6 Å². The molecule has 3 N–H and O–H groups in total. The molecular formula is C26H26N4O2. The van der Waals surface area contributed by atoms with Crippen LogP contribution in [0, 0.1) is 5.92 Å². The topological polar surface area (TPSA) is 93.5 Å². The molecule has 162 valence electrons. The predicted molar refractivity (Wildman–Crippen MR) is 125 cm³/mol. The van der Waals surface area contributed by atoms with Gasteiger partial charge in [-0.15, -0.1) is 0 Å². The van der Waals surface area contributed by atoms with Gasteiger partial charge in [-0.2, -0.15) is 9.61 Å². The van der Waals surface area contributed by atoms with Crippen molar-refractivity contribution in [3.8, 4) is 22.3 Å². The smallest absolute Gasteiger partial charge is 0.303 e. The highest BCUT2D eigenvalue weighted by molar-refractivity contribution is 5.82. The van der Waals surface area contributed by atoms with Crippen molar-refractivity contribution in [2.45, 2.75) is 38.0 Å². The van der Waals surface area contributed by atoms with E-state index in [1.54, 1.807) is 4.52 Å². The molecule has 6 nitrogen and oxygen atoms in total. The van der Waals surface area contributed by atoms with E-state index in [1.165, 1.54) is 5.56 Å². The summed E-state index contributed by atoms with van der Waals surface area (Å²) < 4.78 is 1.70. The maximum atomic E-state index is 11.0. The zero-order valence-electron chi connectivity index (χ0n) is 17.8. The second kappa shape index (κ2) is 8.46. The summed E-state index contributed by atoms with van der Waals surface area (Å²) in [5.74, 6) is 0.690. The number of carboxylic acids is 1. The van der Waals surface area contributed by atoms with E-state index in [9.17, 15) is 4.79 Å². The molecule has 2 heterocycles. The number of nitrogens with zero attached hydrogens (tertiary/aromatic N) is 3. The first-order chi connectivity index (χ1) is 15.6. The van der Waals surface area contributed by atoms with Gasteiger partial charge in [0.2, 0.25) is 0 Å². The maximum absolute atomic E-state index is 11.0. The van der Waals surface area contributed by atoms with Crippen molar-refractivity contribution in [2.24, 2.45) is 5.92 Å². The molecule has 1 fully saturated rings. The number of hydrogen-bond donors (Lipinski definition) is 2. The van der Waals surface area contributed by atoms with E-state index < -0.39 is 5.97 Å². The lowest BCUT2D eigenvalue weighted by Gasteiger charge is -2.28. The third-order valence-corrected chi connectivity index (χ3v) is 6.65. The summed E-state index contributed by atoms with van der Waals surface area (Å²) in [5.41, 5.74) is 12.4. The van der Waals surface area contributed by atoms with Gasteiger partial charge in [0, 0.05) is 23.7 Å². The van der Waals surface area contributed by atoms with E-state index in [0.29, 0.717) is 24.1 Å². The van der Waals surface area contributed by atoms with Crippen LogP contribution in [0.3, 0.4) is 0 Å². The SMILES string of the molecule is Nc1c(-c2ccc(C3CCC(CC(=O)O)CC3)cc2)cnc2c(-c3ccccc3)cnn12. The Bertz CT molecular complexity index is 1240. The Kier molecular flexibility index (Phi) is 5.35. The van der Waals surface area contributed by atoms with Crippen molar-refractivity contribution in [3.63, 3.8) is 0 Å². The van der Waals surface area contributed by atoms with Gasteiger partial charge in [-0.1, -0.05) is 54.6 Å². The van der Waals surface area contributed by atoms with Crippen molar-refractivity contribution in [1.29, 1.82) is 0 Å². The second-order valence-electron chi connectivity index (χ2n) is 8.65. The van der Waals surface area contributed by atoms with E-state index in [-0.39, 0.29) is 0 Å². The minimum atomic E-state index is -0.686. The molecule has 1 aliphatic rings. The highest BCUT2D eigenvalue weighted by Crippen LogP contribution is 2.38. The van der Waals surface area contributed by atoms with Gasteiger partial charge in [-0.05, 0) is 54.2 Å². The molecule has 0 spiro atoms. The molecule has 0 saturated heterocycles. The van der Waals surface area contributed by atoms with Crippen LogP contribution in [0.25, 0.3) is 27.9 Å². The number of aliphatic carboxylic acids is 1. The van der Waals surface area contributed by atoms with Gasteiger partial charge in [0.05, 0.1) is 6.20 Å². The van der Waals surface area contributed by atoms with Crippen molar-refractivity contribution in [1.82, 2.24) is 14.6 Å². The zero-order valence-corrected chi connectivity index (χ0v) is 17.8. The monoisotopic (exact) mass is 426 g/mol. The van der Waals surface area contributed by atoms with Crippen molar-refractivity contribution in [3.05, 3.63) is 72.6 Å². The Morgan fingerprint density at radius 3 is 2.31 bits per heavy atom. The van der Waals surface area contributed by atoms with E-state index >= 15 is 0 Å². The Hall–Kier alpha value is -3.67. The number of benzene rings is 2. The van der Waals surface area contributed by atoms with Crippen LogP contribution in [0.4, 0.5) is 5.82 Å². The molecule has 1 aliphatic carbocycles. The highest BCUT2D eigenvalue weighted by Gasteiger charge is 2.24. The maximum Gasteiger partial charge on any atom is 0.303 e. The largest absolute Gasteiger partial charge is 0.481 e. The zero-order chi connectivity index (χ0) is 22.1. The summed E-state index contributed by atoms with van der Waals surface area (Å²) in [5, 5.41) is 13.5. The van der Waals surface area contributed by atoms with Gasteiger partial charge < -0.3 is 10.8 Å². The number of carboxylic acid groups (broad SMARTS) is 1. The van der Waals surface area contributed by atoms with Crippen LogP contribution in [0.15, 0.2) is 67.0 Å². The van der Waals surface area contributed by atoms with Crippen LogP contribution >= 0.6 is 0 Å². The molecule has 0 aliphatic heterocycles. The fraction of sp³-hybridized carbons (Fsp3) is 0.269. The number of nitrogen functional groups attached to an aromatic ring is 1. The van der Waals surface area contributed by atoms with Gasteiger partial charge in [0.25, 0.3) is 0 Å². The summed E-state index contributed by atoms with van der Waals surface area (Å²) >= 11 is 0. The van der Waals surface area contributed by atoms with Crippen molar-refractivity contribution < 1.29 is 9.90 Å². The molecule has 0 radical (unpaired) electrons. The molecule has 32 heavy (non-hydrogen) atoms. The fourth-order valence-electron chi connectivity index (χ4n) is 4.87. The Morgan fingerprint density at radius 1 is 0.938 bits per heavy atom. The van der Waals surface area contributed by atoms with Gasteiger partial charge in [0.15, 0.2) is 5.65 Å². The van der Waals surface area contributed by atoms with Crippen LogP contribution in [-0.4, -0.2) is 25.7 Å². The first-order valence-electron chi connectivity index (χ1n) is 11.1. The first-order valence-corrected chi connectivity index (χ1v) is 11.1. The van der Waals surface area contributed by atoms with E-state index in [2.05, 4.69) is 34.3 Å². The standard InChI is InChI=1S/C26H26N4O2/c27-25-22(15-28-26-23(16-29-30(25)26)20-4-2-1-3-5-20)21-12-10-19(11-13-21)18-8-6-17(7-9-18)14-24(31)32/h1-5,10-13,15-18H,6-9,14,27H2,(H,31,32). The third kappa shape index (κ3) is 3.84. The highest BCUT2D eigenvalue weighted by atomic mass is 16.4. The molecule has 0 amide bonds.